The van der Waals surface area contributed by atoms with E-state index in [1.54, 1.807) is 20.5 Å². The van der Waals surface area contributed by atoms with E-state index >= 15 is 0 Å². The molecule has 1 unspecified atom stereocenters. The molecule has 5 heteroatoms. The summed E-state index contributed by atoms with van der Waals surface area (Å²) in [7, 11) is 3.25. The van der Waals surface area contributed by atoms with Crippen molar-refractivity contribution in [1.29, 1.82) is 0 Å². The van der Waals surface area contributed by atoms with Crippen molar-refractivity contribution in [2.24, 2.45) is 5.84 Å². The van der Waals surface area contributed by atoms with Gasteiger partial charge in [0.2, 0.25) is 0 Å². The molecular weight excluding hydrogens is 256 g/mol. The molecule has 108 valence electrons. The van der Waals surface area contributed by atoms with Crippen LogP contribution in [0.5, 0.6) is 11.5 Å². The molecule has 0 amide bonds. The second-order valence-electron chi connectivity index (χ2n) is 4.33. The number of hydrazine groups is 1. The zero-order chi connectivity index (χ0) is 14.5. The van der Waals surface area contributed by atoms with E-state index in [1.165, 1.54) is 0 Å². The lowest BCUT2D eigenvalue weighted by molar-refractivity contribution is 0.376. The van der Waals surface area contributed by atoms with Gasteiger partial charge in [0.15, 0.2) is 0 Å². The molecule has 3 N–H and O–H groups in total. The Kier molecular flexibility index (Phi) is 4.65. The number of nitrogens with two attached hydrogens (primary N) is 1. The number of benzene rings is 1. The highest BCUT2D eigenvalue weighted by molar-refractivity contribution is 5.51. The van der Waals surface area contributed by atoms with Gasteiger partial charge >= 0.3 is 0 Å². The summed E-state index contributed by atoms with van der Waals surface area (Å²) in [5.74, 6) is 8.09. The number of ether oxygens (including phenoxy) is 2. The molecule has 5 nitrogen and oxygen atoms in total. The Morgan fingerprint density at radius 2 is 1.85 bits per heavy atom. The lowest BCUT2D eigenvalue weighted by Crippen LogP contribution is -2.29. The molecule has 0 saturated carbocycles. The zero-order valence-corrected chi connectivity index (χ0v) is 12.0. The molecule has 0 spiro atoms. The number of aryl methyl sites for hydroxylation is 1. The standard InChI is InChI=1S/C15H20N2O3/c1-4-11-10(8-9-20-11)15(17-16)14-12(18-2)6-5-7-13(14)19-3/h5-9,15,17H,4,16H2,1-3H3. The molecular formula is C15H20N2O3. The first kappa shape index (κ1) is 14.4. The van der Waals surface area contributed by atoms with Crippen LogP contribution in [0.3, 0.4) is 0 Å². The van der Waals surface area contributed by atoms with Gasteiger partial charge in [-0.25, -0.2) is 5.43 Å². The number of nitrogens with one attached hydrogen (secondary N) is 1. The summed E-state index contributed by atoms with van der Waals surface area (Å²) < 4.78 is 16.4. The van der Waals surface area contributed by atoms with Crippen LogP contribution in [0.25, 0.3) is 0 Å². The van der Waals surface area contributed by atoms with Crippen LogP contribution in [0.15, 0.2) is 34.9 Å². The third kappa shape index (κ3) is 2.50. The van der Waals surface area contributed by atoms with Gasteiger partial charge in [-0.1, -0.05) is 13.0 Å². The molecule has 20 heavy (non-hydrogen) atoms. The largest absolute Gasteiger partial charge is 0.496 e. The summed E-state index contributed by atoms with van der Waals surface area (Å²) in [6.07, 6.45) is 2.46. The van der Waals surface area contributed by atoms with Crippen molar-refractivity contribution in [3.05, 3.63) is 47.4 Å². The first-order valence-electron chi connectivity index (χ1n) is 6.50. The van der Waals surface area contributed by atoms with Gasteiger partial charge in [-0.15, -0.1) is 0 Å². The quantitative estimate of drug-likeness (QED) is 0.626. The Hall–Kier alpha value is -1.98. The molecule has 0 bridgehead atoms. The predicted octanol–water partition coefficient (Wildman–Crippen LogP) is 2.41. The Bertz CT molecular complexity index is 544. The SMILES string of the molecule is CCc1occc1C(NN)c1c(OC)cccc1OC. The lowest BCUT2D eigenvalue weighted by Gasteiger charge is -2.21. The third-order valence-electron chi connectivity index (χ3n) is 3.33. The van der Waals surface area contributed by atoms with E-state index < -0.39 is 0 Å². The molecule has 0 radical (unpaired) electrons. The maximum Gasteiger partial charge on any atom is 0.127 e. The minimum Gasteiger partial charge on any atom is -0.496 e. The minimum absolute atomic E-state index is 0.255. The molecule has 2 aromatic rings. The molecule has 0 aliphatic heterocycles. The molecule has 2 rings (SSSR count). The maximum absolute atomic E-state index is 5.76. The maximum atomic E-state index is 5.76. The van der Waals surface area contributed by atoms with E-state index in [-0.39, 0.29) is 6.04 Å². The smallest absolute Gasteiger partial charge is 0.127 e. The number of rotatable bonds is 6. The molecule has 1 aromatic carbocycles. The van der Waals surface area contributed by atoms with Gasteiger partial charge in [0, 0.05) is 12.0 Å². The van der Waals surface area contributed by atoms with Crippen molar-refractivity contribution < 1.29 is 13.9 Å². The van der Waals surface area contributed by atoms with Gasteiger partial charge in [-0.05, 0) is 18.2 Å². The van der Waals surface area contributed by atoms with Gasteiger partial charge in [0.25, 0.3) is 0 Å². The van der Waals surface area contributed by atoms with Crippen molar-refractivity contribution >= 4 is 0 Å². The van der Waals surface area contributed by atoms with Crippen LogP contribution in [-0.4, -0.2) is 14.2 Å². The van der Waals surface area contributed by atoms with E-state index in [0.717, 1.165) is 34.8 Å². The van der Waals surface area contributed by atoms with Crippen LogP contribution in [0.1, 0.15) is 29.9 Å². The molecule has 0 saturated heterocycles. The van der Waals surface area contributed by atoms with Gasteiger partial charge < -0.3 is 13.9 Å². The van der Waals surface area contributed by atoms with Crippen LogP contribution in [0.4, 0.5) is 0 Å². The Morgan fingerprint density at radius 1 is 1.20 bits per heavy atom. The molecule has 1 heterocycles. The second kappa shape index (κ2) is 6.45. The van der Waals surface area contributed by atoms with Gasteiger partial charge in [0.05, 0.1) is 32.1 Å². The number of hydrogen-bond acceptors (Lipinski definition) is 5. The van der Waals surface area contributed by atoms with Crippen molar-refractivity contribution in [2.45, 2.75) is 19.4 Å². The van der Waals surface area contributed by atoms with Crippen LogP contribution >= 0.6 is 0 Å². The van der Waals surface area contributed by atoms with Gasteiger partial charge in [0.1, 0.15) is 17.3 Å². The molecule has 0 aliphatic carbocycles. The highest BCUT2D eigenvalue weighted by atomic mass is 16.5. The number of hydrogen-bond donors (Lipinski definition) is 2. The summed E-state index contributed by atoms with van der Waals surface area (Å²) in [4.78, 5) is 0. The van der Waals surface area contributed by atoms with Crippen molar-refractivity contribution in [3.8, 4) is 11.5 Å². The van der Waals surface area contributed by atoms with Crippen LogP contribution in [0.2, 0.25) is 0 Å². The third-order valence-corrected chi connectivity index (χ3v) is 3.33. The average Bonchev–Trinajstić information content (AvgIpc) is 2.96. The van der Waals surface area contributed by atoms with Crippen LogP contribution in [-0.2, 0) is 6.42 Å². The molecule has 0 fully saturated rings. The van der Waals surface area contributed by atoms with Crippen LogP contribution < -0.4 is 20.7 Å². The highest BCUT2D eigenvalue weighted by Gasteiger charge is 2.24. The summed E-state index contributed by atoms with van der Waals surface area (Å²) in [5.41, 5.74) is 4.67. The monoisotopic (exact) mass is 276 g/mol. The summed E-state index contributed by atoms with van der Waals surface area (Å²) >= 11 is 0. The molecule has 1 atom stereocenters. The fraction of sp³-hybridized carbons (Fsp3) is 0.333. The van der Waals surface area contributed by atoms with Crippen molar-refractivity contribution in [3.63, 3.8) is 0 Å². The Morgan fingerprint density at radius 3 is 2.35 bits per heavy atom. The Balaban J connectivity index is 2.57. The highest BCUT2D eigenvalue weighted by Crippen LogP contribution is 2.38. The fourth-order valence-corrected chi connectivity index (χ4v) is 2.39. The fourth-order valence-electron chi connectivity index (χ4n) is 2.39. The van der Waals surface area contributed by atoms with E-state index in [9.17, 15) is 0 Å². The van der Waals surface area contributed by atoms with E-state index in [0.29, 0.717) is 0 Å². The van der Waals surface area contributed by atoms with Crippen molar-refractivity contribution in [1.82, 2.24) is 5.43 Å². The predicted molar refractivity (Wildman–Crippen MR) is 76.8 cm³/mol. The van der Waals surface area contributed by atoms with E-state index in [1.807, 2.05) is 31.2 Å². The molecule has 1 aromatic heterocycles. The normalized spacial score (nSPS) is 12.2. The molecule has 0 aliphatic rings. The zero-order valence-electron chi connectivity index (χ0n) is 12.0. The average molecular weight is 276 g/mol. The van der Waals surface area contributed by atoms with Gasteiger partial charge in [-0.2, -0.15) is 0 Å². The minimum atomic E-state index is -0.255. The Labute approximate surface area is 118 Å². The summed E-state index contributed by atoms with van der Waals surface area (Å²) in [5, 5.41) is 0. The van der Waals surface area contributed by atoms with Gasteiger partial charge in [-0.3, -0.25) is 5.84 Å². The number of furan rings is 1. The van der Waals surface area contributed by atoms with Crippen LogP contribution in [0, 0.1) is 0 Å². The first-order valence-corrected chi connectivity index (χ1v) is 6.50. The van der Waals surface area contributed by atoms with E-state index in [2.05, 4.69) is 5.43 Å². The lowest BCUT2D eigenvalue weighted by atomic mass is 9.97. The number of methoxy groups -OCH3 is 2. The first-order chi connectivity index (χ1) is 9.76. The summed E-state index contributed by atoms with van der Waals surface area (Å²) in [6.45, 7) is 2.04. The second-order valence-corrected chi connectivity index (χ2v) is 4.33. The van der Waals surface area contributed by atoms with Crippen molar-refractivity contribution in [2.75, 3.05) is 14.2 Å². The van der Waals surface area contributed by atoms with E-state index in [4.69, 9.17) is 19.7 Å². The topological polar surface area (TPSA) is 69.7 Å². The summed E-state index contributed by atoms with van der Waals surface area (Å²) in [6, 6.07) is 7.30.